The van der Waals surface area contributed by atoms with E-state index in [0.29, 0.717) is 5.92 Å². The van der Waals surface area contributed by atoms with Gasteiger partial charge in [-0.25, -0.2) is 14.6 Å². The molecule has 1 aromatic carbocycles. The highest BCUT2D eigenvalue weighted by molar-refractivity contribution is 5.15. The van der Waals surface area contributed by atoms with Crippen LogP contribution in [0.25, 0.3) is 0 Å². The first-order chi connectivity index (χ1) is 12.8. The summed E-state index contributed by atoms with van der Waals surface area (Å²) >= 11 is 0. The summed E-state index contributed by atoms with van der Waals surface area (Å²) in [5.74, 6) is 2.36. The third kappa shape index (κ3) is 3.70. The Balaban J connectivity index is 1.60. The van der Waals surface area contributed by atoms with Crippen LogP contribution >= 0.6 is 0 Å². The van der Waals surface area contributed by atoms with E-state index < -0.39 is 0 Å². The number of rotatable bonds is 6. The molecule has 0 bridgehead atoms. The highest BCUT2D eigenvalue weighted by Crippen LogP contribution is 2.26. The predicted molar refractivity (Wildman–Crippen MR) is 99.0 cm³/mol. The Bertz CT molecular complexity index is 806. The van der Waals surface area contributed by atoms with Crippen molar-refractivity contribution in [2.24, 2.45) is 0 Å². The van der Waals surface area contributed by atoms with Gasteiger partial charge < -0.3 is 9.30 Å². The van der Waals surface area contributed by atoms with Crippen molar-refractivity contribution in [1.82, 2.24) is 24.3 Å². The molecular weight excluding hydrogens is 326 g/mol. The van der Waals surface area contributed by atoms with E-state index in [4.69, 9.17) is 14.8 Å². The monoisotopic (exact) mass is 351 g/mol. The molecule has 0 amide bonds. The van der Waals surface area contributed by atoms with Crippen LogP contribution in [0.2, 0.25) is 0 Å². The number of benzene rings is 1. The number of ether oxygens (including phenoxy) is 1. The average Bonchev–Trinajstić information content (AvgIpc) is 3.38. The zero-order chi connectivity index (χ0) is 17.8. The number of hydrogen-bond acceptors (Lipinski definition) is 4. The van der Waals surface area contributed by atoms with Gasteiger partial charge in [0.15, 0.2) is 5.82 Å². The van der Waals surface area contributed by atoms with Crippen LogP contribution < -0.4 is 0 Å². The normalized spacial score (nSPS) is 16.7. The first-order valence-corrected chi connectivity index (χ1v) is 9.35. The second-order valence-corrected chi connectivity index (χ2v) is 6.86. The Labute approximate surface area is 153 Å². The van der Waals surface area contributed by atoms with Crippen LogP contribution in [-0.4, -0.2) is 37.5 Å². The topological polar surface area (TPSA) is 57.8 Å². The van der Waals surface area contributed by atoms with E-state index in [1.807, 2.05) is 12.5 Å². The molecule has 136 valence electrons. The first-order valence-electron chi connectivity index (χ1n) is 9.35. The van der Waals surface area contributed by atoms with E-state index in [9.17, 15) is 0 Å². The number of aromatic nitrogens is 5. The van der Waals surface area contributed by atoms with Gasteiger partial charge in [-0.15, -0.1) is 0 Å². The lowest BCUT2D eigenvalue weighted by atomic mass is 10.00. The molecule has 26 heavy (non-hydrogen) atoms. The lowest BCUT2D eigenvalue weighted by molar-refractivity contribution is 0.0835. The van der Waals surface area contributed by atoms with E-state index in [2.05, 4.69) is 51.5 Å². The minimum atomic E-state index is 0.106. The highest BCUT2D eigenvalue weighted by atomic mass is 16.5. The summed E-state index contributed by atoms with van der Waals surface area (Å²) in [6.07, 6.45) is 8.58. The maximum atomic E-state index is 5.50. The van der Waals surface area contributed by atoms with Gasteiger partial charge in [0.25, 0.3) is 0 Å². The van der Waals surface area contributed by atoms with Gasteiger partial charge in [-0.1, -0.05) is 30.3 Å². The number of hydrogen-bond donors (Lipinski definition) is 0. The van der Waals surface area contributed by atoms with Gasteiger partial charge in [-0.3, -0.25) is 0 Å². The molecule has 6 nitrogen and oxygen atoms in total. The Morgan fingerprint density at radius 1 is 1.19 bits per heavy atom. The second-order valence-electron chi connectivity index (χ2n) is 6.86. The maximum Gasteiger partial charge on any atom is 0.154 e. The van der Waals surface area contributed by atoms with Crippen molar-refractivity contribution < 1.29 is 4.74 Å². The Morgan fingerprint density at radius 2 is 2.00 bits per heavy atom. The molecule has 0 unspecified atom stereocenters. The molecule has 1 atom stereocenters. The van der Waals surface area contributed by atoms with Crippen LogP contribution in [0.1, 0.15) is 48.9 Å². The SMILES string of the molecule is C[C@@H](c1nc(C2CCOCC2)nn1CCc1ccccc1)n1ccnc1. The summed E-state index contributed by atoms with van der Waals surface area (Å²) in [6.45, 7) is 4.58. The summed E-state index contributed by atoms with van der Waals surface area (Å²) in [5, 5.41) is 4.90. The molecule has 0 aliphatic carbocycles. The van der Waals surface area contributed by atoms with E-state index in [-0.39, 0.29) is 6.04 Å². The van der Waals surface area contributed by atoms with Crippen LogP contribution in [-0.2, 0) is 17.7 Å². The minimum absolute atomic E-state index is 0.106. The molecule has 0 spiro atoms. The number of nitrogens with zero attached hydrogens (tertiary/aromatic N) is 5. The summed E-state index contributed by atoms with van der Waals surface area (Å²) in [5.41, 5.74) is 1.32. The van der Waals surface area contributed by atoms with E-state index in [1.54, 1.807) is 6.20 Å². The van der Waals surface area contributed by atoms with Crippen molar-refractivity contribution in [1.29, 1.82) is 0 Å². The lowest BCUT2D eigenvalue weighted by Gasteiger charge is -2.18. The quantitative estimate of drug-likeness (QED) is 0.684. The van der Waals surface area contributed by atoms with E-state index >= 15 is 0 Å². The van der Waals surface area contributed by atoms with Gasteiger partial charge in [0.2, 0.25) is 0 Å². The van der Waals surface area contributed by atoms with Gasteiger partial charge in [-0.05, 0) is 31.7 Å². The molecule has 3 aromatic rings. The van der Waals surface area contributed by atoms with Crippen LogP contribution in [0.5, 0.6) is 0 Å². The van der Waals surface area contributed by atoms with Crippen LogP contribution in [0.15, 0.2) is 49.1 Å². The zero-order valence-electron chi connectivity index (χ0n) is 15.2. The van der Waals surface area contributed by atoms with Gasteiger partial charge in [0, 0.05) is 38.1 Å². The molecule has 1 fully saturated rings. The molecule has 3 heterocycles. The molecular formula is C20H25N5O. The minimum Gasteiger partial charge on any atom is -0.381 e. The Hall–Kier alpha value is -2.47. The van der Waals surface area contributed by atoms with Gasteiger partial charge in [0.1, 0.15) is 5.82 Å². The number of aryl methyl sites for hydroxylation is 2. The van der Waals surface area contributed by atoms with E-state index in [1.165, 1.54) is 5.56 Å². The molecule has 6 heteroatoms. The third-order valence-electron chi connectivity index (χ3n) is 5.10. The van der Waals surface area contributed by atoms with Crippen molar-refractivity contribution in [3.63, 3.8) is 0 Å². The van der Waals surface area contributed by atoms with E-state index in [0.717, 1.165) is 50.7 Å². The van der Waals surface area contributed by atoms with Crippen molar-refractivity contribution in [2.45, 2.75) is 44.7 Å². The first kappa shape index (κ1) is 17.0. The number of imidazole rings is 1. The van der Waals surface area contributed by atoms with Gasteiger partial charge in [-0.2, -0.15) is 5.10 Å². The van der Waals surface area contributed by atoms with Gasteiger partial charge >= 0.3 is 0 Å². The average molecular weight is 351 g/mol. The van der Waals surface area contributed by atoms with Crippen molar-refractivity contribution >= 4 is 0 Å². The molecule has 0 radical (unpaired) electrons. The molecule has 2 aromatic heterocycles. The summed E-state index contributed by atoms with van der Waals surface area (Å²) in [6, 6.07) is 10.6. The molecule has 1 saturated heterocycles. The smallest absolute Gasteiger partial charge is 0.154 e. The summed E-state index contributed by atoms with van der Waals surface area (Å²) in [4.78, 5) is 9.13. The van der Waals surface area contributed by atoms with Crippen LogP contribution in [0.3, 0.4) is 0 Å². The molecule has 1 aliphatic heterocycles. The van der Waals surface area contributed by atoms with Crippen molar-refractivity contribution in [3.05, 3.63) is 66.3 Å². The lowest BCUT2D eigenvalue weighted by Crippen LogP contribution is -2.15. The van der Waals surface area contributed by atoms with Crippen molar-refractivity contribution in [2.75, 3.05) is 13.2 Å². The molecule has 4 rings (SSSR count). The van der Waals surface area contributed by atoms with Crippen LogP contribution in [0, 0.1) is 0 Å². The Kier molecular flexibility index (Phi) is 5.11. The summed E-state index contributed by atoms with van der Waals surface area (Å²) in [7, 11) is 0. The molecule has 0 saturated carbocycles. The second kappa shape index (κ2) is 7.83. The fourth-order valence-corrected chi connectivity index (χ4v) is 3.49. The van der Waals surface area contributed by atoms with Gasteiger partial charge in [0.05, 0.1) is 12.4 Å². The molecule has 0 N–H and O–H groups in total. The third-order valence-corrected chi connectivity index (χ3v) is 5.10. The highest BCUT2D eigenvalue weighted by Gasteiger charge is 2.24. The standard InChI is InChI=1S/C20H25N5O/c1-16(24-12-10-21-15-24)20-22-19(18-8-13-26-14-9-18)23-25(20)11-7-17-5-3-2-4-6-17/h2-6,10,12,15-16,18H,7-9,11,13-14H2,1H3/t16-/m0/s1. The zero-order valence-corrected chi connectivity index (χ0v) is 15.2. The maximum absolute atomic E-state index is 5.50. The fraction of sp³-hybridized carbons (Fsp3) is 0.450. The Morgan fingerprint density at radius 3 is 2.73 bits per heavy atom. The fourth-order valence-electron chi connectivity index (χ4n) is 3.49. The van der Waals surface area contributed by atoms with Crippen molar-refractivity contribution in [3.8, 4) is 0 Å². The summed E-state index contributed by atoms with van der Waals surface area (Å²) < 4.78 is 9.66. The largest absolute Gasteiger partial charge is 0.381 e. The predicted octanol–water partition coefficient (Wildman–Crippen LogP) is 3.22. The molecule has 1 aliphatic rings. The van der Waals surface area contributed by atoms with Crippen LogP contribution in [0.4, 0.5) is 0 Å².